The van der Waals surface area contributed by atoms with Gasteiger partial charge in [-0.2, -0.15) is 5.10 Å². The van der Waals surface area contributed by atoms with Gasteiger partial charge in [-0.05, 0) is 37.5 Å². The lowest BCUT2D eigenvalue weighted by Crippen LogP contribution is -2.51. The monoisotopic (exact) mass is 470 g/mol. The molecule has 34 heavy (non-hydrogen) atoms. The highest BCUT2D eigenvalue weighted by atomic mass is 16.5. The van der Waals surface area contributed by atoms with E-state index in [0.717, 1.165) is 36.8 Å². The summed E-state index contributed by atoms with van der Waals surface area (Å²) in [5, 5.41) is 6.88. The summed E-state index contributed by atoms with van der Waals surface area (Å²) < 4.78 is 10.8. The predicted molar refractivity (Wildman–Crippen MR) is 127 cm³/mol. The maximum atomic E-state index is 12.7. The van der Waals surface area contributed by atoms with Gasteiger partial charge in [0, 0.05) is 37.0 Å². The van der Waals surface area contributed by atoms with Crippen molar-refractivity contribution in [1.82, 2.24) is 14.8 Å². The van der Waals surface area contributed by atoms with Crippen LogP contribution < -0.4 is 9.47 Å². The number of rotatable bonds is 7. The SMILES string of the molecule is COc1ccc(C2=NN(C3CCN(C(=O)CN4CCCC4=O)CC3)C(C=O)C2(C)C)cc1OC. The van der Waals surface area contributed by atoms with Gasteiger partial charge in [0.05, 0.1) is 32.5 Å². The molecule has 0 N–H and O–H groups in total. The number of ether oxygens (including phenoxy) is 2. The number of hydrazone groups is 1. The van der Waals surface area contributed by atoms with E-state index in [1.165, 1.54) is 0 Å². The van der Waals surface area contributed by atoms with Gasteiger partial charge in [-0.25, -0.2) is 0 Å². The highest BCUT2D eigenvalue weighted by Crippen LogP contribution is 2.40. The molecule has 2 amide bonds. The molecule has 3 aliphatic heterocycles. The van der Waals surface area contributed by atoms with Crippen LogP contribution >= 0.6 is 0 Å². The minimum atomic E-state index is -0.496. The maximum Gasteiger partial charge on any atom is 0.242 e. The summed E-state index contributed by atoms with van der Waals surface area (Å²) in [5.74, 6) is 1.31. The minimum Gasteiger partial charge on any atom is -0.493 e. The Hall–Kier alpha value is -3.10. The molecule has 2 fully saturated rings. The Bertz CT molecular complexity index is 984. The molecule has 0 spiro atoms. The molecule has 3 aliphatic rings. The highest BCUT2D eigenvalue weighted by molar-refractivity contribution is 6.07. The molecule has 9 heteroatoms. The fourth-order valence-corrected chi connectivity index (χ4v) is 5.25. The first-order valence-corrected chi connectivity index (χ1v) is 11.9. The van der Waals surface area contributed by atoms with Crippen LogP contribution in [0, 0.1) is 5.41 Å². The van der Waals surface area contributed by atoms with E-state index in [0.29, 0.717) is 37.6 Å². The Labute approximate surface area is 200 Å². The van der Waals surface area contributed by atoms with E-state index in [4.69, 9.17) is 14.6 Å². The summed E-state index contributed by atoms with van der Waals surface area (Å²) in [6.07, 6.45) is 3.79. The summed E-state index contributed by atoms with van der Waals surface area (Å²) in [6.45, 7) is 6.09. The molecule has 0 radical (unpaired) electrons. The average molecular weight is 471 g/mol. The van der Waals surface area contributed by atoms with Crippen molar-refractivity contribution in [3.63, 3.8) is 0 Å². The zero-order valence-corrected chi connectivity index (χ0v) is 20.5. The summed E-state index contributed by atoms with van der Waals surface area (Å²) in [5.41, 5.74) is 1.22. The number of nitrogens with zero attached hydrogens (tertiary/aromatic N) is 4. The number of hydrogen-bond acceptors (Lipinski definition) is 7. The Morgan fingerprint density at radius 2 is 1.85 bits per heavy atom. The van der Waals surface area contributed by atoms with E-state index in [1.54, 1.807) is 19.1 Å². The maximum absolute atomic E-state index is 12.7. The number of amides is 2. The van der Waals surface area contributed by atoms with Crippen molar-refractivity contribution in [2.24, 2.45) is 10.5 Å². The largest absolute Gasteiger partial charge is 0.493 e. The zero-order chi connectivity index (χ0) is 24.5. The van der Waals surface area contributed by atoms with Gasteiger partial charge in [-0.3, -0.25) is 14.6 Å². The van der Waals surface area contributed by atoms with Crippen molar-refractivity contribution in [2.75, 3.05) is 40.4 Å². The van der Waals surface area contributed by atoms with Crippen LogP contribution in [-0.2, 0) is 14.4 Å². The Morgan fingerprint density at radius 1 is 1.15 bits per heavy atom. The lowest BCUT2D eigenvalue weighted by atomic mass is 9.78. The van der Waals surface area contributed by atoms with Crippen LogP contribution in [0.1, 0.15) is 45.1 Å². The Balaban J connectivity index is 1.48. The lowest BCUT2D eigenvalue weighted by Gasteiger charge is -2.39. The summed E-state index contributed by atoms with van der Waals surface area (Å²) in [6, 6.07) is 5.34. The fraction of sp³-hybridized carbons (Fsp3) is 0.600. The van der Waals surface area contributed by atoms with Gasteiger partial charge in [0.25, 0.3) is 0 Å². The molecule has 0 bridgehead atoms. The van der Waals surface area contributed by atoms with E-state index < -0.39 is 11.5 Å². The van der Waals surface area contributed by atoms with Crippen LogP contribution in [0.4, 0.5) is 0 Å². The molecule has 1 aromatic rings. The first-order chi connectivity index (χ1) is 16.3. The molecular weight excluding hydrogens is 436 g/mol. The third-order valence-electron chi connectivity index (χ3n) is 7.32. The van der Waals surface area contributed by atoms with Gasteiger partial charge in [0.1, 0.15) is 12.3 Å². The average Bonchev–Trinajstić information content (AvgIpc) is 3.37. The van der Waals surface area contributed by atoms with Crippen LogP contribution in [0.2, 0.25) is 0 Å². The lowest BCUT2D eigenvalue weighted by molar-refractivity contribution is -0.139. The van der Waals surface area contributed by atoms with Crippen molar-refractivity contribution in [2.45, 2.75) is 51.6 Å². The summed E-state index contributed by atoms with van der Waals surface area (Å²) in [4.78, 5) is 40.3. The van der Waals surface area contributed by atoms with Gasteiger partial charge < -0.3 is 24.1 Å². The fourth-order valence-electron chi connectivity index (χ4n) is 5.25. The normalized spacial score (nSPS) is 22.7. The second-order valence-corrected chi connectivity index (χ2v) is 9.73. The minimum absolute atomic E-state index is 0.00286. The smallest absolute Gasteiger partial charge is 0.242 e. The quantitative estimate of drug-likeness (QED) is 0.566. The number of aldehydes is 1. The van der Waals surface area contributed by atoms with E-state index >= 15 is 0 Å². The van der Waals surface area contributed by atoms with E-state index in [-0.39, 0.29) is 24.4 Å². The van der Waals surface area contributed by atoms with Crippen LogP contribution in [-0.4, -0.2) is 91.1 Å². The molecule has 0 saturated carbocycles. The van der Waals surface area contributed by atoms with Crippen molar-refractivity contribution >= 4 is 23.8 Å². The zero-order valence-electron chi connectivity index (χ0n) is 20.5. The van der Waals surface area contributed by atoms with Gasteiger partial charge in [-0.1, -0.05) is 13.8 Å². The molecule has 184 valence electrons. The summed E-state index contributed by atoms with van der Waals surface area (Å²) >= 11 is 0. The summed E-state index contributed by atoms with van der Waals surface area (Å²) in [7, 11) is 3.19. The molecular formula is C25H34N4O5. The highest BCUT2D eigenvalue weighted by Gasteiger charge is 2.47. The molecule has 0 aliphatic carbocycles. The van der Waals surface area contributed by atoms with Crippen molar-refractivity contribution in [3.05, 3.63) is 23.8 Å². The molecule has 2 saturated heterocycles. The molecule has 1 unspecified atom stereocenters. The van der Waals surface area contributed by atoms with E-state index in [1.807, 2.05) is 42.0 Å². The van der Waals surface area contributed by atoms with Gasteiger partial charge in [0.15, 0.2) is 11.5 Å². The standard InChI is InChI=1S/C25H34N4O5/c1-25(2)21(16-30)29(26-24(25)17-7-8-19(33-3)20(14-17)34-4)18-9-12-27(13-10-18)23(32)15-28-11-5-6-22(28)31/h7-8,14,16,18,21H,5-6,9-13,15H2,1-4H3. The second-order valence-electron chi connectivity index (χ2n) is 9.73. The van der Waals surface area contributed by atoms with E-state index in [9.17, 15) is 14.4 Å². The number of carbonyl (C=O) groups is 3. The number of hydrogen-bond donors (Lipinski definition) is 0. The molecule has 0 aromatic heterocycles. The molecule has 9 nitrogen and oxygen atoms in total. The number of likely N-dealkylation sites (tertiary alicyclic amines) is 2. The third-order valence-corrected chi connectivity index (χ3v) is 7.32. The van der Waals surface area contributed by atoms with Crippen LogP contribution in [0.5, 0.6) is 11.5 Å². The van der Waals surface area contributed by atoms with Gasteiger partial charge in [0.2, 0.25) is 11.8 Å². The molecule has 1 atom stereocenters. The second kappa shape index (κ2) is 9.64. The molecule has 3 heterocycles. The van der Waals surface area contributed by atoms with Crippen molar-refractivity contribution in [1.29, 1.82) is 0 Å². The number of piperidine rings is 1. The van der Waals surface area contributed by atoms with E-state index in [2.05, 4.69) is 0 Å². The topological polar surface area (TPSA) is 91.8 Å². The third kappa shape index (κ3) is 4.35. The number of methoxy groups -OCH3 is 2. The Kier molecular flexibility index (Phi) is 6.81. The first-order valence-electron chi connectivity index (χ1n) is 11.9. The van der Waals surface area contributed by atoms with Crippen LogP contribution in [0.15, 0.2) is 23.3 Å². The van der Waals surface area contributed by atoms with Crippen LogP contribution in [0.3, 0.4) is 0 Å². The van der Waals surface area contributed by atoms with Crippen molar-refractivity contribution in [3.8, 4) is 11.5 Å². The van der Waals surface area contributed by atoms with Crippen molar-refractivity contribution < 1.29 is 23.9 Å². The van der Waals surface area contributed by atoms with Gasteiger partial charge in [-0.15, -0.1) is 0 Å². The molecule has 4 rings (SSSR count). The van der Waals surface area contributed by atoms with Gasteiger partial charge >= 0.3 is 0 Å². The van der Waals surface area contributed by atoms with Crippen LogP contribution in [0.25, 0.3) is 0 Å². The number of benzene rings is 1. The predicted octanol–water partition coefficient (Wildman–Crippen LogP) is 1.93. The first kappa shape index (κ1) is 24.0. The molecule has 1 aromatic carbocycles. The Morgan fingerprint density at radius 3 is 2.44 bits per heavy atom. The number of carbonyl (C=O) groups excluding carboxylic acids is 3.